The number of nitrogens with one attached hydrogen (secondary N) is 1. The quantitative estimate of drug-likeness (QED) is 0.734. The third kappa shape index (κ3) is 3.38. The van der Waals surface area contributed by atoms with Crippen molar-refractivity contribution < 1.29 is 32.7 Å². The Labute approximate surface area is 166 Å². The van der Waals surface area contributed by atoms with Crippen LogP contribution in [-0.2, 0) is 32.7 Å². The van der Waals surface area contributed by atoms with E-state index in [1.54, 1.807) is 11.3 Å². The molecule has 3 heterocycles. The molecule has 0 aliphatic carbocycles. The number of hydrogen-bond donors (Lipinski definition) is 1. The van der Waals surface area contributed by atoms with Crippen LogP contribution in [0.5, 0.6) is 0 Å². The number of piperazine rings is 1. The van der Waals surface area contributed by atoms with Crippen molar-refractivity contribution in [1.82, 2.24) is 9.80 Å². The Kier molecular flexibility index (Phi) is 5.21. The van der Waals surface area contributed by atoms with Gasteiger partial charge in [0.05, 0.1) is 16.9 Å². The second kappa shape index (κ2) is 7.02. The van der Waals surface area contributed by atoms with Crippen LogP contribution >= 0.6 is 11.3 Å². The first-order chi connectivity index (χ1) is 10.7. The third-order valence-electron chi connectivity index (χ3n) is 4.28. The average Bonchev–Trinajstić information content (AvgIpc) is 2.80. The summed E-state index contributed by atoms with van der Waals surface area (Å²) < 4.78 is 0. The van der Waals surface area contributed by atoms with Crippen LogP contribution in [0.15, 0.2) is 35.3 Å². The molecule has 117 valence electrons. The summed E-state index contributed by atoms with van der Waals surface area (Å²) in [7, 11) is 2.18. The summed E-state index contributed by atoms with van der Waals surface area (Å²) in [5.74, 6) is 1.12. The fraction of sp³-hybridized carbons (Fsp3) is 0.353. The summed E-state index contributed by atoms with van der Waals surface area (Å²) in [6.07, 6.45) is 0. The number of fused-ring (bicyclic) bond motifs is 2. The maximum absolute atomic E-state index is 5.01. The monoisotopic (exact) mass is 401 g/mol. The number of nitrogens with zero attached hydrogens (tertiary/aromatic N) is 3. The molecule has 1 aromatic heterocycles. The summed E-state index contributed by atoms with van der Waals surface area (Å²) in [6, 6.07) is 10.6. The van der Waals surface area contributed by atoms with Crippen molar-refractivity contribution in [2.75, 3.05) is 38.5 Å². The van der Waals surface area contributed by atoms with E-state index in [4.69, 9.17) is 4.99 Å². The van der Waals surface area contributed by atoms with Crippen LogP contribution < -0.4 is 5.32 Å². The van der Waals surface area contributed by atoms with Gasteiger partial charge in [-0.1, -0.05) is 12.1 Å². The molecule has 1 aromatic carbocycles. The van der Waals surface area contributed by atoms with Crippen molar-refractivity contribution in [3.63, 3.8) is 0 Å². The largest absolute Gasteiger partial charge is 0.353 e. The molecule has 4 rings (SSSR count). The summed E-state index contributed by atoms with van der Waals surface area (Å²) in [6.45, 7) is 6.41. The number of aliphatic imine (C=N–C) groups is 1. The van der Waals surface area contributed by atoms with E-state index in [-0.39, 0.29) is 32.7 Å². The van der Waals surface area contributed by atoms with E-state index in [0.29, 0.717) is 0 Å². The van der Waals surface area contributed by atoms with Gasteiger partial charge in [0.1, 0.15) is 10.8 Å². The van der Waals surface area contributed by atoms with Gasteiger partial charge < -0.3 is 15.1 Å². The van der Waals surface area contributed by atoms with E-state index in [1.165, 1.54) is 15.4 Å². The maximum atomic E-state index is 5.01. The van der Waals surface area contributed by atoms with Crippen LogP contribution in [0.25, 0.3) is 0 Å². The van der Waals surface area contributed by atoms with Gasteiger partial charge in [-0.15, -0.1) is 11.3 Å². The molecule has 23 heavy (non-hydrogen) atoms. The molecule has 6 heteroatoms. The standard InChI is InChI=1S/C17H20N4S.Y/c1-12-11-13-16(21-9-7-20(2)8-10-21)18-14-5-3-4-6-15(14)19-17(13)22-12;/h3-6,11,19H,7-10H2,1-2H3;. The fourth-order valence-electron chi connectivity index (χ4n) is 3.01. The number of anilines is 2. The number of likely N-dealkylation sites (N-methyl/N-ethyl adjacent to an activating group) is 1. The Balaban J connectivity index is 0.00000156. The van der Waals surface area contributed by atoms with Crippen LogP contribution in [0.2, 0.25) is 0 Å². The molecule has 1 radical (unpaired) electrons. The molecule has 0 bridgehead atoms. The number of benzene rings is 1. The molecule has 2 aliphatic rings. The van der Waals surface area contributed by atoms with Crippen LogP contribution in [-0.4, -0.2) is 48.9 Å². The smallest absolute Gasteiger partial charge is 0.139 e. The van der Waals surface area contributed by atoms with Crippen molar-refractivity contribution in [2.24, 2.45) is 4.99 Å². The number of amidine groups is 1. The van der Waals surface area contributed by atoms with Crippen LogP contribution in [0.3, 0.4) is 0 Å². The molecule has 0 spiro atoms. The van der Waals surface area contributed by atoms with Gasteiger partial charge in [0, 0.05) is 63.8 Å². The van der Waals surface area contributed by atoms with Crippen molar-refractivity contribution in [3.8, 4) is 0 Å². The molecule has 0 amide bonds. The minimum absolute atomic E-state index is 0. The SMILES string of the molecule is Cc1cc2c(s1)Nc1ccccc1N=C2N1CCN(C)CC1.[Y]. The Bertz CT molecular complexity index is 732. The van der Waals surface area contributed by atoms with Crippen molar-refractivity contribution in [2.45, 2.75) is 6.92 Å². The zero-order valence-corrected chi connectivity index (χ0v) is 17.2. The second-order valence-electron chi connectivity index (χ2n) is 5.97. The number of aryl methyl sites for hydroxylation is 1. The van der Waals surface area contributed by atoms with Gasteiger partial charge in [-0.2, -0.15) is 0 Å². The van der Waals surface area contributed by atoms with Crippen LogP contribution in [0, 0.1) is 6.92 Å². The summed E-state index contributed by atoms with van der Waals surface area (Å²) in [5, 5.41) is 4.78. The first-order valence-electron chi connectivity index (χ1n) is 7.70. The van der Waals surface area contributed by atoms with Gasteiger partial charge in [-0.05, 0) is 32.2 Å². The number of rotatable bonds is 0. The maximum Gasteiger partial charge on any atom is 0.139 e. The fourth-order valence-corrected chi connectivity index (χ4v) is 3.93. The predicted molar refractivity (Wildman–Crippen MR) is 94.0 cm³/mol. The average molecular weight is 401 g/mol. The number of hydrogen-bond acceptors (Lipinski definition) is 5. The van der Waals surface area contributed by atoms with E-state index in [0.717, 1.165) is 43.4 Å². The minimum Gasteiger partial charge on any atom is -0.353 e. The molecule has 0 saturated carbocycles. The van der Waals surface area contributed by atoms with Crippen LogP contribution in [0.1, 0.15) is 10.4 Å². The molecule has 0 atom stereocenters. The summed E-state index contributed by atoms with van der Waals surface area (Å²) in [4.78, 5) is 11.1. The minimum atomic E-state index is 0. The molecular weight excluding hydrogens is 381 g/mol. The normalized spacial score (nSPS) is 17.3. The van der Waals surface area contributed by atoms with Crippen molar-refractivity contribution in [1.29, 1.82) is 0 Å². The van der Waals surface area contributed by atoms with E-state index < -0.39 is 0 Å². The molecule has 2 aliphatic heterocycles. The zero-order chi connectivity index (χ0) is 15.1. The number of thiophene rings is 1. The topological polar surface area (TPSA) is 30.9 Å². The van der Waals surface area contributed by atoms with Gasteiger partial charge in [0.2, 0.25) is 0 Å². The molecule has 1 fully saturated rings. The third-order valence-corrected chi connectivity index (χ3v) is 5.24. The van der Waals surface area contributed by atoms with Gasteiger partial charge in [0.15, 0.2) is 0 Å². The molecule has 1 N–H and O–H groups in total. The molecular formula is C17H20N4SY. The second-order valence-corrected chi connectivity index (χ2v) is 7.22. The zero-order valence-electron chi connectivity index (χ0n) is 13.5. The van der Waals surface area contributed by atoms with Gasteiger partial charge in [-0.25, -0.2) is 4.99 Å². The van der Waals surface area contributed by atoms with Gasteiger partial charge in [-0.3, -0.25) is 0 Å². The van der Waals surface area contributed by atoms with E-state index in [2.05, 4.69) is 59.4 Å². The molecule has 4 nitrogen and oxygen atoms in total. The Hall–Kier alpha value is -0.746. The first kappa shape index (κ1) is 17.1. The Morgan fingerprint density at radius 3 is 2.65 bits per heavy atom. The predicted octanol–water partition coefficient (Wildman–Crippen LogP) is 3.44. The summed E-state index contributed by atoms with van der Waals surface area (Å²) in [5.41, 5.74) is 3.36. The molecule has 0 unspecified atom stereocenters. The Morgan fingerprint density at radius 2 is 1.87 bits per heavy atom. The molecule has 2 aromatic rings. The summed E-state index contributed by atoms with van der Waals surface area (Å²) >= 11 is 1.81. The van der Waals surface area contributed by atoms with Gasteiger partial charge >= 0.3 is 0 Å². The number of para-hydroxylation sites is 2. The van der Waals surface area contributed by atoms with Crippen LogP contribution in [0.4, 0.5) is 16.4 Å². The van der Waals surface area contributed by atoms with Crippen molar-refractivity contribution in [3.05, 3.63) is 40.8 Å². The van der Waals surface area contributed by atoms with E-state index in [9.17, 15) is 0 Å². The molecule has 1 saturated heterocycles. The first-order valence-corrected chi connectivity index (χ1v) is 8.51. The van der Waals surface area contributed by atoms with E-state index in [1.807, 2.05) is 0 Å². The van der Waals surface area contributed by atoms with Crippen molar-refractivity contribution >= 4 is 33.5 Å². The Morgan fingerprint density at radius 1 is 1.13 bits per heavy atom. The van der Waals surface area contributed by atoms with E-state index >= 15 is 0 Å². The van der Waals surface area contributed by atoms with Gasteiger partial charge in [0.25, 0.3) is 0 Å².